The van der Waals surface area contributed by atoms with Gasteiger partial charge in [0.15, 0.2) is 5.69 Å². The molecule has 1 amide bonds. The van der Waals surface area contributed by atoms with Gasteiger partial charge in [0.05, 0.1) is 31.9 Å². The number of aromatic nitrogens is 2. The van der Waals surface area contributed by atoms with Crippen LogP contribution in [0.15, 0.2) is 0 Å². The van der Waals surface area contributed by atoms with Gasteiger partial charge in [0.2, 0.25) is 0 Å². The van der Waals surface area contributed by atoms with Gasteiger partial charge >= 0.3 is 6.18 Å². The molecule has 0 aliphatic carbocycles. The fourth-order valence-electron chi connectivity index (χ4n) is 3.10. The van der Waals surface area contributed by atoms with Gasteiger partial charge in [0, 0.05) is 18.3 Å². The summed E-state index contributed by atoms with van der Waals surface area (Å²) in [5.41, 5.74) is -1.41. The molecule has 2 N–H and O–H groups in total. The molecule has 1 aromatic rings. The number of likely N-dealkylation sites (N-methyl/N-ethyl adjacent to an activating group) is 1. The zero-order valence-corrected chi connectivity index (χ0v) is 15.0. The molecule has 0 spiro atoms. The van der Waals surface area contributed by atoms with E-state index < -0.39 is 23.3 Å². The largest absolute Gasteiger partial charge is 0.435 e. The van der Waals surface area contributed by atoms with E-state index in [0.717, 1.165) is 19.4 Å². The Kier molecular flexibility index (Phi) is 7.01. The Bertz CT molecular complexity index is 619. The van der Waals surface area contributed by atoms with Crippen molar-refractivity contribution < 1.29 is 27.8 Å². The van der Waals surface area contributed by atoms with E-state index in [1.165, 1.54) is 11.6 Å². The van der Waals surface area contributed by atoms with Crippen LogP contribution >= 0.6 is 0 Å². The molecule has 1 aromatic heterocycles. The summed E-state index contributed by atoms with van der Waals surface area (Å²) in [6.45, 7) is 2.80. The van der Waals surface area contributed by atoms with Gasteiger partial charge in [-0.05, 0) is 33.4 Å². The van der Waals surface area contributed by atoms with Crippen LogP contribution in [0.4, 0.5) is 13.2 Å². The van der Waals surface area contributed by atoms with Crippen LogP contribution in [-0.2, 0) is 17.5 Å². The first-order chi connectivity index (χ1) is 12.3. The molecule has 148 valence electrons. The number of nitrogens with zero attached hydrogens (tertiary/aromatic N) is 3. The van der Waals surface area contributed by atoms with Crippen LogP contribution in [0.2, 0.25) is 0 Å². The maximum absolute atomic E-state index is 13.4. The van der Waals surface area contributed by atoms with Gasteiger partial charge in [0.1, 0.15) is 0 Å². The predicted molar refractivity (Wildman–Crippen MR) is 87.9 cm³/mol. The number of carbonyl (C=O) groups excluding carboxylic acids is 1. The lowest BCUT2D eigenvalue weighted by Gasteiger charge is -2.20. The van der Waals surface area contributed by atoms with Crippen LogP contribution in [0, 0.1) is 6.92 Å². The summed E-state index contributed by atoms with van der Waals surface area (Å²) in [5, 5.41) is 14.7. The van der Waals surface area contributed by atoms with Crippen molar-refractivity contribution in [2.75, 3.05) is 40.0 Å². The fourth-order valence-corrected chi connectivity index (χ4v) is 3.10. The summed E-state index contributed by atoms with van der Waals surface area (Å²) in [5.74, 6) is -0.826. The van der Waals surface area contributed by atoms with E-state index in [4.69, 9.17) is 9.84 Å². The van der Waals surface area contributed by atoms with Crippen molar-refractivity contribution in [3.05, 3.63) is 17.0 Å². The highest BCUT2D eigenvalue weighted by Gasteiger charge is 2.41. The number of amides is 1. The number of hydrogen-bond donors (Lipinski definition) is 2. The highest BCUT2D eigenvalue weighted by Crippen LogP contribution is 2.33. The number of carbonyl (C=O) groups is 1. The quantitative estimate of drug-likeness (QED) is 0.661. The molecule has 0 bridgehead atoms. The van der Waals surface area contributed by atoms with Gasteiger partial charge in [-0.25, -0.2) is 0 Å². The SMILES string of the molecule is Cc1c(C(=O)NCCOCCO)c(C(F)(F)F)nn1CC1CCCN1C. The minimum atomic E-state index is -4.71. The Morgan fingerprint density at radius 3 is 2.73 bits per heavy atom. The van der Waals surface area contributed by atoms with E-state index in [-0.39, 0.29) is 38.1 Å². The third-order valence-electron chi connectivity index (χ3n) is 4.52. The van der Waals surface area contributed by atoms with Crippen molar-refractivity contribution >= 4 is 5.91 Å². The lowest BCUT2D eigenvalue weighted by atomic mass is 10.1. The van der Waals surface area contributed by atoms with Crippen LogP contribution in [0.25, 0.3) is 0 Å². The monoisotopic (exact) mass is 378 g/mol. The van der Waals surface area contributed by atoms with E-state index in [9.17, 15) is 18.0 Å². The van der Waals surface area contributed by atoms with Gasteiger partial charge in [0.25, 0.3) is 5.91 Å². The molecule has 10 heteroatoms. The first-order valence-electron chi connectivity index (χ1n) is 8.57. The molecule has 2 heterocycles. The number of aliphatic hydroxyl groups is 1. The molecular weight excluding hydrogens is 353 g/mol. The third-order valence-corrected chi connectivity index (χ3v) is 4.52. The van der Waals surface area contributed by atoms with Crippen molar-refractivity contribution in [2.24, 2.45) is 0 Å². The molecule has 0 saturated carbocycles. The average Bonchev–Trinajstić information content (AvgIpc) is 3.11. The Morgan fingerprint density at radius 2 is 2.15 bits per heavy atom. The Balaban J connectivity index is 2.16. The Labute approximate surface area is 150 Å². The highest BCUT2D eigenvalue weighted by atomic mass is 19.4. The Hall–Kier alpha value is -1.65. The second-order valence-corrected chi connectivity index (χ2v) is 6.36. The minimum Gasteiger partial charge on any atom is -0.394 e. The second-order valence-electron chi connectivity index (χ2n) is 6.36. The van der Waals surface area contributed by atoms with Crippen LogP contribution in [0.1, 0.15) is 34.6 Å². The summed E-state index contributed by atoms with van der Waals surface area (Å²) in [4.78, 5) is 14.4. The number of nitrogens with one attached hydrogen (secondary N) is 1. The first-order valence-corrected chi connectivity index (χ1v) is 8.57. The zero-order valence-electron chi connectivity index (χ0n) is 15.0. The van der Waals surface area contributed by atoms with Crippen molar-refractivity contribution in [2.45, 2.75) is 38.5 Å². The van der Waals surface area contributed by atoms with E-state index >= 15 is 0 Å². The molecule has 1 atom stereocenters. The second kappa shape index (κ2) is 8.83. The van der Waals surface area contributed by atoms with Crippen molar-refractivity contribution in [3.63, 3.8) is 0 Å². The van der Waals surface area contributed by atoms with Gasteiger partial charge in [-0.15, -0.1) is 0 Å². The molecule has 1 fully saturated rings. The number of rotatable bonds is 8. The Morgan fingerprint density at radius 1 is 1.42 bits per heavy atom. The molecule has 1 unspecified atom stereocenters. The summed E-state index contributed by atoms with van der Waals surface area (Å²) < 4.78 is 46.4. The number of likely N-dealkylation sites (tertiary alicyclic amines) is 1. The van der Waals surface area contributed by atoms with Gasteiger partial charge in [-0.2, -0.15) is 18.3 Å². The van der Waals surface area contributed by atoms with E-state index in [2.05, 4.69) is 15.3 Å². The van der Waals surface area contributed by atoms with Crippen LogP contribution in [-0.4, -0.2) is 71.7 Å². The third kappa shape index (κ3) is 4.95. The lowest BCUT2D eigenvalue weighted by molar-refractivity contribution is -0.141. The first kappa shape index (κ1) is 20.7. The van der Waals surface area contributed by atoms with Crippen molar-refractivity contribution in [3.8, 4) is 0 Å². The number of aliphatic hydroxyl groups excluding tert-OH is 1. The zero-order chi connectivity index (χ0) is 19.3. The summed E-state index contributed by atoms with van der Waals surface area (Å²) >= 11 is 0. The lowest BCUT2D eigenvalue weighted by Crippen LogP contribution is -2.30. The fraction of sp³-hybridized carbons (Fsp3) is 0.750. The molecule has 1 aliphatic rings. The van der Waals surface area contributed by atoms with E-state index in [1.807, 2.05) is 7.05 Å². The van der Waals surface area contributed by atoms with Gasteiger partial charge < -0.3 is 20.1 Å². The predicted octanol–water partition coefficient (Wildman–Crippen LogP) is 1.04. The molecule has 1 saturated heterocycles. The highest BCUT2D eigenvalue weighted by molar-refractivity contribution is 5.96. The summed E-state index contributed by atoms with van der Waals surface area (Å²) in [6.07, 6.45) is -2.83. The molecule has 2 rings (SSSR count). The van der Waals surface area contributed by atoms with Crippen molar-refractivity contribution in [1.29, 1.82) is 0 Å². The number of hydrogen-bond acceptors (Lipinski definition) is 5. The number of halogens is 3. The van der Waals surface area contributed by atoms with E-state index in [0.29, 0.717) is 6.54 Å². The van der Waals surface area contributed by atoms with Crippen LogP contribution < -0.4 is 5.32 Å². The average molecular weight is 378 g/mol. The normalized spacial score (nSPS) is 18.5. The topological polar surface area (TPSA) is 79.6 Å². The molecule has 0 aromatic carbocycles. The molecular formula is C16H25F3N4O3. The minimum absolute atomic E-state index is 0.0477. The molecule has 1 aliphatic heterocycles. The molecule has 0 radical (unpaired) electrons. The summed E-state index contributed by atoms with van der Waals surface area (Å²) in [7, 11) is 1.93. The number of alkyl halides is 3. The maximum Gasteiger partial charge on any atom is 0.435 e. The molecule has 7 nitrogen and oxygen atoms in total. The van der Waals surface area contributed by atoms with Crippen LogP contribution in [0.3, 0.4) is 0 Å². The number of ether oxygens (including phenoxy) is 1. The van der Waals surface area contributed by atoms with Crippen LogP contribution in [0.5, 0.6) is 0 Å². The van der Waals surface area contributed by atoms with Gasteiger partial charge in [-0.1, -0.05) is 0 Å². The van der Waals surface area contributed by atoms with Gasteiger partial charge in [-0.3, -0.25) is 9.48 Å². The smallest absolute Gasteiger partial charge is 0.394 e. The maximum atomic E-state index is 13.4. The summed E-state index contributed by atoms with van der Waals surface area (Å²) in [6, 6.07) is 0.109. The standard InChI is InChI=1S/C16H25F3N4O3/c1-11-13(15(25)20-5-8-26-9-7-24)14(16(17,18)19)21-23(11)10-12-4-3-6-22(12)2/h12,24H,3-10H2,1-2H3,(H,20,25). The van der Waals surface area contributed by atoms with E-state index in [1.54, 1.807) is 0 Å². The van der Waals surface area contributed by atoms with Crippen molar-refractivity contribution in [1.82, 2.24) is 20.0 Å². The molecule has 26 heavy (non-hydrogen) atoms.